The molecule has 0 amide bonds. The fourth-order valence-electron chi connectivity index (χ4n) is 2.65. The minimum absolute atomic E-state index is 0.178. The predicted octanol–water partition coefficient (Wildman–Crippen LogP) is 3.12. The summed E-state index contributed by atoms with van der Waals surface area (Å²) in [7, 11) is 0. The van der Waals surface area contributed by atoms with Gasteiger partial charge in [0.2, 0.25) is 5.82 Å². The van der Waals surface area contributed by atoms with Crippen molar-refractivity contribution in [1.29, 1.82) is 0 Å². The van der Waals surface area contributed by atoms with Gasteiger partial charge in [0.25, 0.3) is 0 Å². The molecule has 1 aliphatic carbocycles. The van der Waals surface area contributed by atoms with Crippen LogP contribution in [0.2, 0.25) is 0 Å². The second-order valence-corrected chi connectivity index (χ2v) is 4.77. The molecule has 0 spiro atoms. The van der Waals surface area contributed by atoms with Crippen molar-refractivity contribution < 1.29 is 27.1 Å². The maximum Gasteiger partial charge on any atom is 0.200 e. The van der Waals surface area contributed by atoms with E-state index in [-0.39, 0.29) is 12.6 Å². The van der Waals surface area contributed by atoms with E-state index in [9.17, 15) is 22.0 Å². The quantitative estimate of drug-likeness (QED) is 0.524. The standard InChI is InChI=1S/C13H14F5NO/c14-8-9(15)11(17)13(12(18)10(8)16)19(5-6-20)7-3-1-2-4-7/h7,20H,1-6H2. The van der Waals surface area contributed by atoms with Crippen LogP contribution < -0.4 is 4.90 Å². The summed E-state index contributed by atoms with van der Waals surface area (Å²) in [4.78, 5) is 1.09. The number of rotatable bonds is 4. The van der Waals surface area contributed by atoms with Gasteiger partial charge in [-0.05, 0) is 12.8 Å². The van der Waals surface area contributed by atoms with Crippen molar-refractivity contribution in [2.24, 2.45) is 0 Å². The third-order valence-electron chi connectivity index (χ3n) is 3.58. The Labute approximate surface area is 112 Å². The van der Waals surface area contributed by atoms with Gasteiger partial charge in [-0.3, -0.25) is 0 Å². The summed E-state index contributed by atoms with van der Waals surface area (Å²) in [5, 5.41) is 8.99. The summed E-state index contributed by atoms with van der Waals surface area (Å²) in [6.07, 6.45) is 2.84. The Bertz CT molecular complexity index is 473. The Hall–Kier alpha value is -1.37. The van der Waals surface area contributed by atoms with Gasteiger partial charge in [0.15, 0.2) is 23.3 Å². The number of aliphatic hydroxyl groups excluding tert-OH is 1. The van der Waals surface area contributed by atoms with Crippen LogP contribution in [0.25, 0.3) is 0 Å². The first-order chi connectivity index (χ1) is 9.49. The minimum Gasteiger partial charge on any atom is -0.395 e. The number of benzene rings is 1. The Morgan fingerprint density at radius 2 is 1.30 bits per heavy atom. The lowest BCUT2D eigenvalue weighted by Crippen LogP contribution is -2.37. The van der Waals surface area contributed by atoms with Gasteiger partial charge in [0.05, 0.1) is 6.61 Å². The first-order valence-electron chi connectivity index (χ1n) is 6.38. The van der Waals surface area contributed by atoms with Gasteiger partial charge in [-0.15, -0.1) is 0 Å². The molecule has 1 aliphatic rings. The summed E-state index contributed by atoms with van der Waals surface area (Å²) in [5.74, 6) is -9.78. The van der Waals surface area contributed by atoms with E-state index in [1.165, 1.54) is 0 Å². The van der Waals surface area contributed by atoms with Crippen LogP contribution in [0.1, 0.15) is 25.7 Å². The van der Waals surface area contributed by atoms with E-state index in [4.69, 9.17) is 5.11 Å². The summed E-state index contributed by atoms with van der Waals surface area (Å²) >= 11 is 0. The van der Waals surface area contributed by atoms with Crippen molar-refractivity contribution in [1.82, 2.24) is 0 Å². The van der Waals surface area contributed by atoms with Crippen LogP contribution >= 0.6 is 0 Å². The normalized spacial score (nSPS) is 15.9. The smallest absolute Gasteiger partial charge is 0.200 e. The predicted molar refractivity (Wildman–Crippen MR) is 62.9 cm³/mol. The van der Waals surface area contributed by atoms with E-state index in [0.29, 0.717) is 12.8 Å². The van der Waals surface area contributed by atoms with Gasteiger partial charge in [-0.25, -0.2) is 22.0 Å². The highest BCUT2D eigenvalue weighted by molar-refractivity contribution is 5.51. The van der Waals surface area contributed by atoms with Gasteiger partial charge in [0.1, 0.15) is 5.69 Å². The fraction of sp³-hybridized carbons (Fsp3) is 0.538. The number of nitrogens with zero attached hydrogens (tertiary/aromatic N) is 1. The molecule has 0 bridgehead atoms. The second-order valence-electron chi connectivity index (χ2n) is 4.77. The molecule has 1 aromatic carbocycles. The monoisotopic (exact) mass is 295 g/mol. The van der Waals surface area contributed by atoms with Crippen molar-refractivity contribution in [2.75, 3.05) is 18.1 Å². The van der Waals surface area contributed by atoms with E-state index < -0.39 is 41.4 Å². The molecule has 0 aromatic heterocycles. The Morgan fingerprint density at radius 1 is 0.850 bits per heavy atom. The topological polar surface area (TPSA) is 23.5 Å². The van der Waals surface area contributed by atoms with E-state index in [0.717, 1.165) is 17.7 Å². The lowest BCUT2D eigenvalue weighted by Gasteiger charge is -2.31. The molecule has 0 heterocycles. The molecular weight excluding hydrogens is 281 g/mol. The van der Waals surface area contributed by atoms with Crippen molar-refractivity contribution in [2.45, 2.75) is 31.7 Å². The molecule has 1 saturated carbocycles. The summed E-state index contributed by atoms with van der Waals surface area (Å²) in [6, 6.07) is -0.324. The van der Waals surface area contributed by atoms with Crippen LogP contribution in [0.15, 0.2) is 0 Å². The SMILES string of the molecule is OCCN(c1c(F)c(F)c(F)c(F)c1F)C1CCCC1. The van der Waals surface area contributed by atoms with Gasteiger partial charge in [-0.1, -0.05) is 12.8 Å². The maximum absolute atomic E-state index is 13.8. The van der Waals surface area contributed by atoms with E-state index in [1.54, 1.807) is 0 Å². The minimum atomic E-state index is -2.17. The average molecular weight is 295 g/mol. The number of hydrogen-bond acceptors (Lipinski definition) is 2. The average Bonchev–Trinajstić information content (AvgIpc) is 2.96. The third-order valence-corrected chi connectivity index (χ3v) is 3.58. The highest BCUT2D eigenvalue weighted by atomic mass is 19.2. The molecule has 0 saturated heterocycles. The molecule has 0 aliphatic heterocycles. The Balaban J connectivity index is 2.52. The van der Waals surface area contributed by atoms with Gasteiger partial charge in [-0.2, -0.15) is 0 Å². The lowest BCUT2D eigenvalue weighted by molar-refractivity contribution is 0.294. The van der Waals surface area contributed by atoms with Gasteiger partial charge < -0.3 is 10.0 Å². The third kappa shape index (κ3) is 2.46. The van der Waals surface area contributed by atoms with Gasteiger partial charge >= 0.3 is 0 Å². The first kappa shape index (κ1) is 15.0. The summed E-state index contributed by atoms with van der Waals surface area (Å²) < 4.78 is 67.1. The van der Waals surface area contributed by atoms with Crippen LogP contribution in [0.5, 0.6) is 0 Å². The molecule has 20 heavy (non-hydrogen) atoms. The van der Waals surface area contributed by atoms with Crippen LogP contribution in [-0.4, -0.2) is 24.3 Å². The van der Waals surface area contributed by atoms with Crippen LogP contribution in [0.4, 0.5) is 27.6 Å². The molecule has 0 atom stereocenters. The number of anilines is 1. The zero-order valence-electron chi connectivity index (χ0n) is 10.6. The second kappa shape index (κ2) is 5.95. The Kier molecular flexibility index (Phi) is 4.47. The molecule has 1 aromatic rings. The molecule has 7 heteroatoms. The van der Waals surface area contributed by atoms with Crippen LogP contribution in [0, 0.1) is 29.1 Å². The molecule has 2 rings (SSSR count). The molecule has 1 N–H and O–H groups in total. The Morgan fingerprint density at radius 3 is 1.75 bits per heavy atom. The number of halogens is 5. The maximum atomic E-state index is 13.8. The van der Waals surface area contributed by atoms with Crippen molar-refractivity contribution in [3.63, 3.8) is 0 Å². The summed E-state index contributed by atoms with van der Waals surface area (Å²) in [6.45, 7) is -0.612. The van der Waals surface area contributed by atoms with Crippen molar-refractivity contribution in [3.05, 3.63) is 29.1 Å². The lowest BCUT2D eigenvalue weighted by atomic mass is 10.1. The molecule has 0 unspecified atom stereocenters. The van der Waals surface area contributed by atoms with Crippen LogP contribution in [0.3, 0.4) is 0 Å². The molecule has 2 nitrogen and oxygen atoms in total. The number of aliphatic hydroxyl groups is 1. The largest absolute Gasteiger partial charge is 0.395 e. The first-order valence-corrected chi connectivity index (χ1v) is 6.38. The van der Waals surface area contributed by atoms with E-state index in [2.05, 4.69) is 0 Å². The fourth-order valence-corrected chi connectivity index (χ4v) is 2.65. The summed E-state index contributed by atoms with van der Waals surface area (Å²) in [5.41, 5.74) is -0.942. The molecule has 0 radical (unpaired) electrons. The van der Waals surface area contributed by atoms with E-state index in [1.807, 2.05) is 0 Å². The molecule has 1 fully saturated rings. The molecular formula is C13H14F5NO. The van der Waals surface area contributed by atoms with Crippen molar-refractivity contribution in [3.8, 4) is 0 Å². The highest BCUT2D eigenvalue weighted by Crippen LogP contribution is 2.34. The van der Waals surface area contributed by atoms with E-state index >= 15 is 0 Å². The van der Waals surface area contributed by atoms with Crippen molar-refractivity contribution >= 4 is 5.69 Å². The zero-order valence-corrected chi connectivity index (χ0v) is 10.6. The van der Waals surface area contributed by atoms with Gasteiger partial charge in [0, 0.05) is 12.6 Å². The van der Waals surface area contributed by atoms with Crippen LogP contribution in [-0.2, 0) is 0 Å². The molecule has 112 valence electrons. The highest BCUT2D eigenvalue weighted by Gasteiger charge is 2.32. The number of hydrogen-bond donors (Lipinski definition) is 1. The zero-order chi connectivity index (χ0) is 14.9.